The van der Waals surface area contributed by atoms with Crippen LogP contribution in [0.4, 0.5) is 0 Å². The van der Waals surface area contributed by atoms with Crippen molar-refractivity contribution < 1.29 is 0 Å². The fourth-order valence-electron chi connectivity index (χ4n) is 1.89. The second kappa shape index (κ2) is 5.25. The Morgan fingerprint density at radius 1 is 1.05 bits per heavy atom. The van der Waals surface area contributed by atoms with Crippen LogP contribution in [0, 0.1) is 6.07 Å². The predicted molar refractivity (Wildman–Crippen MR) is 81.0 cm³/mol. The molecular formula is C17H11ClN. The first-order valence-electron chi connectivity index (χ1n) is 6.02. The molecule has 0 aliphatic rings. The van der Waals surface area contributed by atoms with Crippen LogP contribution in [0.2, 0.25) is 5.02 Å². The highest BCUT2D eigenvalue weighted by molar-refractivity contribution is 6.31. The van der Waals surface area contributed by atoms with Gasteiger partial charge in [-0.25, -0.2) is 4.98 Å². The molecule has 3 rings (SSSR count). The minimum atomic E-state index is 0.707. The van der Waals surface area contributed by atoms with Crippen LogP contribution in [0.3, 0.4) is 0 Å². The van der Waals surface area contributed by atoms with Gasteiger partial charge in [-0.05, 0) is 42.0 Å². The zero-order chi connectivity index (χ0) is 13.1. The van der Waals surface area contributed by atoms with Crippen molar-refractivity contribution in [1.82, 2.24) is 4.98 Å². The summed E-state index contributed by atoms with van der Waals surface area (Å²) in [5.74, 6) is 0. The largest absolute Gasteiger partial charge is 0.248 e. The van der Waals surface area contributed by atoms with Gasteiger partial charge in [0.1, 0.15) is 0 Å². The van der Waals surface area contributed by atoms with Gasteiger partial charge in [0.25, 0.3) is 0 Å². The number of nitrogens with zero attached hydrogens (tertiary/aromatic N) is 1. The minimum Gasteiger partial charge on any atom is -0.248 e. The van der Waals surface area contributed by atoms with E-state index in [1.807, 2.05) is 60.7 Å². The standard InChI is InChI=1S/C17H11ClN/c18-15-9-7-14-8-11-16(19-17(14)12-15)10-6-13-4-2-1-3-5-13/h1-2,4-12H/b10-6+. The fourth-order valence-corrected chi connectivity index (χ4v) is 2.06. The molecule has 2 heteroatoms. The molecule has 19 heavy (non-hydrogen) atoms. The molecule has 0 spiro atoms. The molecule has 1 aromatic heterocycles. The minimum absolute atomic E-state index is 0.707. The maximum absolute atomic E-state index is 5.98. The molecule has 1 radical (unpaired) electrons. The highest BCUT2D eigenvalue weighted by atomic mass is 35.5. The maximum atomic E-state index is 5.98. The fraction of sp³-hybridized carbons (Fsp3) is 0. The smallest absolute Gasteiger partial charge is 0.0724 e. The Hall–Kier alpha value is -2.12. The number of halogens is 1. The van der Waals surface area contributed by atoms with Crippen LogP contribution in [0.5, 0.6) is 0 Å². The number of rotatable bonds is 2. The topological polar surface area (TPSA) is 12.9 Å². The lowest BCUT2D eigenvalue weighted by Crippen LogP contribution is -1.83. The Morgan fingerprint density at radius 3 is 2.79 bits per heavy atom. The highest BCUT2D eigenvalue weighted by Gasteiger charge is 1.97. The van der Waals surface area contributed by atoms with E-state index in [9.17, 15) is 0 Å². The van der Waals surface area contributed by atoms with Crippen molar-refractivity contribution in [2.24, 2.45) is 0 Å². The lowest BCUT2D eigenvalue weighted by molar-refractivity contribution is 1.37. The van der Waals surface area contributed by atoms with E-state index in [0.29, 0.717) is 5.02 Å². The molecule has 1 heterocycles. The zero-order valence-electron chi connectivity index (χ0n) is 10.2. The molecule has 0 aliphatic carbocycles. The maximum Gasteiger partial charge on any atom is 0.0724 e. The molecule has 0 fully saturated rings. The molecule has 0 atom stereocenters. The van der Waals surface area contributed by atoms with Crippen LogP contribution >= 0.6 is 11.6 Å². The predicted octanol–water partition coefficient (Wildman–Crippen LogP) is 4.86. The monoisotopic (exact) mass is 264 g/mol. The molecule has 1 nitrogen and oxygen atoms in total. The Labute approximate surface area is 117 Å². The van der Waals surface area contributed by atoms with E-state index in [1.54, 1.807) is 0 Å². The first-order valence-corrected chi connectivity index (χ1v) is 6.39. The number of benzene rings is 2. The normalized spacial score (nSPS) is 11.2. The van der Waals surface area contributed by atoms with Crippen molar-refractivity contribution in [3.8, 4) is 0 Å². The average Bonchev–Trinajstić information content (AvgIpc) is 2.46. The zero-order valence-corrected chi connectivity index (χ0v) is 10.9. The SMILES string of the molecule is Clc1ccc2ccc(/C=C/c3c[c]ccc3)nc2c1. The lowest BCUT2D eigenvalue weighted by atomic mass is 10.1. The van der Waals surface area contributed by atoms with E-state index in [1.165, 1.54) is 0 Å². The van der Waals surface area contributed by atoms with E-state index < -0.39 is 0 Å². The van der Waals surface area contributed by atoms with Gasteiger partial charge in [-0.2, -0.15) is 0 Å². The van der Waals surface area contributed by atoms with E-state index in [-0.39, 0.29) is 0 Å². The van der Waals surface area contributed by atoms with Gasteiger partial charge in [0.05, 0.1) is 11.2 Å². The molecule has 0 saturated carbocycles. The van der Waals surface area contributed by atoms with Crippen molar-refractivity contribution in [3.05, 3.63) is 76.9 Å². The van der Waals surface area contributed by atoms with Crippen LogP contribution in [0.25, 0.3) is 23.1 Å². The summed E-state index contributed by atoms with van der Waals surface area (Å²) in [6, 6.07) is 20.6. The van der Waals surface area contributed by atoms with Gasteiger partial charge in [-0.15, -0.1) is 0 Å². The molecule has 3 aromatic rings. The van der Waals surface area contributed by atoms with Gasteiger partial charge in [0.15, 0.2) is 0 Å². The van der Waals surface area contributed by atoms with Gasteiger partial charge < -0.3 is 0 Å². The van der Waals surface area contributed by atoms with Crippen molar-refractivity contribution >= 4 is 34.7 Å². The summed E-state index contributed by atoms with van der Waals surface area (Å²) in [6.45, 7) is 0. The first-order chi connectivity index (χ1) is 9.31. The van der Waals surface area contributed by atoms with Crippen LogP contribution in [0.15, 0.2) is 54.6 Å². The van der Waals surface area contributed by atoms with Gasteiger partial charge >= 0.3 is 0 Å². The summed E-state index contributed by atoms with van der Waals surface area (Å²) >= 11 is 5.98. The molecule has 0 unspecified atom stereocenters. The first kappa shape index (κ1) is 11.9. The highest BCUT2D eigenvalue weighted by Crippen LogP contribution is 2.18. The summed E-state index contributed by atoms with van der Waals surface area (Å²) in [4.78, 5) is 4.57. The summed E-state index contributed by atoms with van der Waals surface area (Å²) in [5, 5.41) is 1.80. The Morgan fingerprint density at radius 2 is 1.95 bits per heavy atom. The Balaban J connectivity index is 1.95. The number of hydrogen-bond donors (Lipinski definition) is 0. The second-order valence-corrected chi connectivity index (χ2v) is 4.68. The van der Waals surface area contributed by atoms with Crippen LogP contribution < -0.4 is 0 Å². The summed E-state index contributed by atoms with van der Waals surface area (Å²) in [6.07, 6.45) is 4.01. The number of pyridine rings is 1. The van der Waals surface area contributed by atoms with E-state index in [0.717, 1.165) is 22.2 Å². The molecule has 0 N–H and O–H groups in total. The second-order valence-electron chi connectivity index (χ2n) is 4.24. The third-order valence-corrected chi connectivity index (χ3v) is 3.09. The van der Waals surface area contributed by atoms with Gasteiger partial charge in [0.2, 0.25) is 0 Å². The van der Waals surface area contributed by atoms with E-state index in [4.69, 9.17) is 11.6 Å². The lowest BCUT2D eigenvalue weighted by Gasteiger charge is -1.99. The molecule has 0 bridgehead atoms. The van der Waals surface area contributed by atoms with Gasteiger partial charge in [-0.1, -0.05) is 48.0 Å². The van der Waals surface area contributed by atoms with Crippen molar-refractivity contribution in [2.75, 3.05) is 0 Å². The molecular weight excluding hydrogens is 254 g/mol. The molecule has 0 saturated heterocycles. The third kappa shape index (κ3) is 2.83. The molecule has 2 aromatic carbocycles. The van der Waals surface area contributed by atoms with Crippen molar-refractivity contribution in [2.45, 2.75) is 0 Å². The van der Waals surface area contributed by atoms with Crippen LogP contribution in [0.1, 0.15) is 11.3 Å². The van der Waals surface area contributed by atoms with Crippen LogP contribution in [-0.4, -0.2) is 4.98 Å². The summed E-state index contributed by atoms with van der Waals surface area (Å²) in [5.41, 5.74) is 2.93. The van der Waals surface area contributed by atoms with Crippen LogP contribution in [-0.2, 0) is 0 Å². The Bertz CT molecular complexity index is 733. The van der Waals surface area contributed by atoms with Crippen molar-refractivity contribution in [1.29, 1.82) is 0 Å². The van der Waals surface area contributed by atoms with E-state index >= 15 is 0 Å². The molecule has 0 aliphatic heterocycles. The molecule has 0 amide bonds. The average molecular weight is 265 g/mol. The number of aromatic nitrogens is 1. The van der Waals surface area contributed by atoms with Gasteiger partial charge in [0, 0.05) is 10.4 Å². The number of fused-ring (bicyclic) bond motifs is 1. The third-order valence-electron chi connectivity index (χ3n) is 2.85. The van der Waals surface area contributed by atoms with Crippen molar-refractivity contribution in [3.63, 3.8) is 0 Å². The van der Waals surface area contributed by atoms with E-state index in [2.05, 4.69) is 17.1 Å². The molecule has 91 valence electrons. The summed E-state index contributed by atoms with van der Waals surface area (Å²) in [7, 11) is 0. The van der Waals surface area contributed by atoms with Gasteiger partial charge in [-0.3, -0.25) is 0 Å². The quantitative estimate of drug-likeness (QED) is 0.644. The summed E-state index contributed by atoms with van der Waals surface area (Å²) < 4.78 is 0. The number of hydrogen-bond acceptors (Lipinski definition) is 1. The Kier molecular flexibility index (Phi) is 3.30.